The van der Waals surface area contributed by atoms with Crippen LogP contribution in [0.5, 0.6) is 11.5 Å². The summed E-state index contributed by atoms with van der Waals surface area (Å²) in [4.78, 5) is 37.5. The average Bonchev–Trinajstić information content (AvgIpc) is 3.64. The van der Waals surface area contributed by atoms with Crippen LogP contribution in [0.25, 0.3) is 21.9 Å². The highest BCUT2D eigenvalue weighted by Gasteiger charge is 2.18. The normalized spacial score (nSPS) is 19.1. The van der Waals surface area contributed by atoms with Gasteiger partial charge < -0.3 is 34.0 Å². The molecule has 0 bridgehead atoms. The van der Waals surface area contributed by atoms with Crippen molar-refractivity contribution in [1.29, 1.82) is 0 Å². The average molecular weight is 525 g/mol. The molecule has 0 aliphatic carbocycles. The van der Waals surface area contributed by atoms with Crippen LogP contribution in [0.1, 0.15) is 31.2 Å². The fourth-order valence-corrected chi connectivity index (χ4v) is 4.72. The summed E-state index contributed by atoms with van der Waals surface area (Å²) in [6.45, 7) is 3.82. The van der Waals surface area contributed by atoms with E-state index in [2.05, 4.69) is 10.6 Å². The number of hydrogen-bond donors (Lipinski definition) is 2. The van der Waals surface area contributed by atoms with Crippen molar-refractivity contribution in [3.63, 3.8) is 0 Å². The van der Waals surface area contributed by atoms with Gasteiger partial charge in [-0.25, -0.2) is 0 Å². The van der Waals surface area contributed by atoms with Crippen molar-refractivity contribution in [2.75, 3.05) is 39.5 Å². The van der Waals surface area contributed by atoms with Gasteiger partial charge in [0.25, 0.3) is 11.8 Å². The van der Waals surface area contributed by atoms with E-state index in [1.54, 1.807) is 37.3 Å². The van der Waals surface area contributed by atoms with Crippen LogP contribution in [-0.4, -0.2) is 63.5 Å². The van der Waals surface area contributed by atoms with Gasteiger partial charge in [-0.1, -0.05) is 0 Å². The molecule has 0 spiro atoms. The molecule has 2 amide bonds. The lowest BCUT2D eigenvalue weighted by Crippen LogP contribution is -2.35. The van der Waals surface area contributed by atoms with E-state index in [4.69, 9.17) is 23.4 Å². The zero-order chi connectivity index (χ0) is 26.5. The van der Waals surface area contributed by atoms with Gasteiger partial charge in [-0.15, -0.1) is 0 Å². The highest BCUT2D eigenvalue weighted by molar-refractivity contribution is 5.92. The Bertz CT molecular complexity index is 1370. The summed E-state index contributed by atoms with van der Waals surface area (Å²) >= 11 is 0. The maximum Gasteiger partial charge on any atom is 0.258 e. The molecule has 2 unspecified atom stereocenters. The van der Waals surface area contributed by atoms with Gasteiger partial charge in [-0.05, 0) is 56.9 Å². The minimum atomic E-state index is -0.252. The molecule has 1 aromatic heterocycles. The number of nitrogens with one attached hydrogen (secondary N) is 2. The summed E-state index contributed by atoms with van der Waals surface area (Å²) in [5.41, 5.74) is 1.11. The molecule has 2 saturated heterocycles. The van der Waals surface area contributed by atoms with Gasteiger partial charge in [-0.2, -0.15) is 0 Å². The Labute approximate surface area is 219 Å². The zero-order valence-corrected chi connectivity index (χ0v) is 21.4. The highest BCUT2D eigenvalue weighted by atomic mass is 16.5. The Hall–Kier alpha value is -3.63. The SMILES string of the molecule is Cc1c(OCC(=O)NCC2CCCO2)ccc2c(=O)c3ccc(OCC(=O)NCC4CCCO4)cc3oc12. The summed E-state index contributed by atoms with van der Waals surface area (Å²) in [6, 6.07) is 8.15. The number of hydrogen-bond acceptors (Lipinski definition) is 8. The lowest BCUT2D eigenvalue weighted by molar-refractivity contribution is -0.124. The first-order valence-electron chi connectivity index (χ1n) is 13.0. The van der Waals surface area contributed by atoms with Gasteiger partial charge in [0.05, 0.1) is 23.0 Å². The van der Waals surface area contributed by atoms with Crippen LogP contribution in [0.4, 0.5) is 0 Å². The minimum Gasteiger partial charge on any atom is -0.484 e. The van der Waals surface area contributed by atoms with Gasteiger partial charge in [0.2, 0.25) is 5.43 Å². The first-order chi connectivity index (χ1) is 18.5. The van der Waals surface area contributed by atoms with Crippen LogP contribution >= 0.6 is 0 Å². The third-order valence-electron chi connectivity index (χ3n) is 6.84. The Morgan fingerprint density at radius 2 is 1.53 bits per heavy atom. The van der Waals surface area contributed by atoms with E-state index in [9.17, 15) is 14.4 Å². The summed E-state index contributed by atoms with van der Waals surface area (Å²) in [5, 5.41) is 6.44. The summed E-state index contributed by atoms with van der Waals surface area (Å²) in [6.07, 6.45) is 4.00. The number of amides is 2. The lowest BCUT2D eigenvalue weighted by atomic mass is 10.1. The van der Waals surface area contributed by atoms with Crippen LogP contribution < -0.4 is 25.5 Å². The van der Waals surface area contributed by atoms with Gasteiger partial charge >= 0.3 is 0 Å². The molecule has 202 valence electrons. The van der Waals surface area contributed by atoms with Crippen LogP contribution in [0.15, 0.2) is 39.5 Å². The second-order valence-electron chi connectivity index (χ2n) is 9.61. The summed E-state index contributed by atoms with van der Waals surface area (Å²) in [5.74, 6) is 0.349. The first-order valence-corrected chi connectivity index (χ1v) is 13.0. The van der Waals surface area contributed by atoms with Crippen LogP contribution in [-0.2, 0) is 19.1 Å². The van der Waals surface area contributed by atoms with E-state index in [-0.39, 0.29) is 42.7 Å². The van der Waals surface area contributed by atoms with Crippen molar-refractivity contribution in [1.82, 2.24) is 10.6 Å². The number of fused-ring (bicyclic) bond motifs is 2. The van der Waals surface area contributed by atoms with E-state index >= 15 is 0 Å². The molecule has 2 aliphatic rings. The second kappa shape index (κ2) is 11.8. The van der Waals surface area contributed by atoms with Gasteiger partial charge in [0.15, 0.2) is 13.2 Å². The molecule has 0 radical (unpaired) electrons. The molecule has 10 heteroatoms. The molecular weight excluding hydrogens is 492 g/mol. The van der Waals surface area contributed by atoms with Crippen LogP contribution in [0.3, 0.4) is 0 Å². The Balaban J connectivity index is 1.25. The summed E-state index contributed by atoms with van der Waals surface area (Å²) < 4.78 is 28.5. The Morgan fingerprint density at radius 3 is 2.16 bits per heavy atom. The first kappa shape index (κ1) is 26.0. The number of benzene rings is 2. The lowest BCUT2D eigenvalue weighted by Gasteiger charge is -2.13. The van der Waals surface area contributed by atoms with E-state index in [1.807, 2.05) is 0 Å². The monoisotopic (exact) mass is 524 g/mol. The van der Waals surface area contributed by atoms with Gasteiger partial charge in [-0.3, -0.25) is 14.4 Å². The molecule has 2 fully saturated rings. The van der Waals surface area contributed by atoms with Crippen LogP contribution in [0.2, 0.25) is 0 Å². The summed E-state index contributed by atoms with van der Waals surface area (Å²) in [7, 11) is 0. The molecule has 38 heavy (non-hydrogen) atoms. The molecular formula is C28H32N2O8. The number of rotatable bonds is 10. The molecule has 3 heterocycles. The zero-order valence-electron chi connectivity index (χ0n) is 21.4. The molecule has 2 aromatic carbocycles. The van der Waals surface area contributed by atoms with E-state index in [1.165, 1.54) is 0 Å². The fraction of sp³-hybridized carbons (Fsp3) is 0.464. The van der Waals surface area contributed by atoms with Crippen LogP contribution in [0, 0.1) is 6.92 Å². The topological polar surface area (TPSA) is 125 Å². The maximum absolute atomic E-state index is 13.1. The second-order valence-corrected chi connectivity index (χ2v) is 9.61. The Kier molecular flexibility index (Phi) is 8.09. The highest BCUT2D eigenvalue weighted by Crippen LogP contribution is 2.29. The Morgan fingerprint density at radius 1 is 0.895 bits per heavy atom. The number of aryl methyl sites for hydroxylation is 1. The van der Waals surface area contributed by atoms with E-state index in [0.717, 1.165) is 38.9 Å². The van der Waals surface area contributed by atoms with Crippen molar-refractivity contribution in [2.45, 2.75) is 44.8 Å². The molecule has 3 aromatic rings. The van der Waals surface area contributed by atoms with Gasteiger partial charge in [0.1, 0.15) is 22.7 Å². The number of carbonyl (C=O) groups is 2. The molecule has 2 atom stereocenters. The quantitative estimate of drug-likeness (QED) is 0.388. The predicted molar refractivity (Wildman–Crippen MR) is 140 cm³/mol. The molecule has 10 nitrogen and oxygen atoms in total. The van der Waals surface area contributed by atoms with Crippen molar-refractivity contribution < 1.29 is 33.0 Å². The molecule has 0 saturated carbocycles. The van der Waals surface area contributed by atoms with E-state index in [0.29, 0.717) is 52.1 Å². The predicted octanol–water partition coefficient (Wildman–Crippen LogP) is 2.60. The third-order valence-corrected chi connectivity index (χ3v) is 6.84. The van der Waals surface area contributed by atoms with Crippen molar-refractivity contribution >= 4 is 33.8 Å². The largest absolute Gasteiger partial charge is 0.484 e. The van der Waals surface area contributed by atoms with E-state index < -0.39 is 0 Å². The number of ether oxygens (including phenoxy) is 4. The van der Waals surface area contributed by atoms with Crippen molar-refractivity contribution in [2.24, 2.45) is 0 Å². The minimum absolute atomic E-state index is 0.0543. The van der Waals surface area contributed by atoms with Crippen molar-refractivity contribution in [3.8, 4) is 11.5 Å². The third kappa shape index (κ3) is 6.08. The molecule has 2 N–H and O–H groups in total. The smallest absolute Gasteiger partial charge is 0.258 e. The standard InChI is InChI=1S/C28H32N2O8/c1-17-23(37-16-26(32)30-14-20-5-3-11-35-20)9-8-22-27(33)21-7-6-18(12-24(21)38-28(17)22)36-15-25(31)29-13-19-4-2-10-34-19/h6-9,12,19-20H,2-5,10-11,13-16H2,1H3,(H,29,31)(H,30,32). The van der Waals surface area contributed by atoms with Gasteiger partial charge in [0, 0.05) is 37.9 Å². The van der Waals surface area contributed by atoms with Crippen molar-refractivity contribution in [3.05, 3.63) is 46.1 Å². The number of carbonyl (C=O) groups excluding carboxylic acids is 2. The molecule has 2 aliphatic heterocycles. The maximum atomic E-state index is 13.1. The fourth-order valence-electron chi connectivity index (χ4n) is 4.72. The molecule has 5 rings (SSSR count).